The fourth-order valence-electron chi connectivity index (χ4n) is 2.45. The quantitative estimate of drug-likeness (QED) is 0.938. The summed E-state index contributed by atoms with van der Waals surface area (Å²) in [5.41, 5.74) is -0.251. The molecule has 1 aliphatic heterocycles. The molecule has 0 spiro atoms. The van der Waals surface area contributed by atoms with Gasteiger partial charge in [-0.25, -0.2) is 4.39 Å². The van der Waals surface area contributed by atoms with Crippen molar-refractivity contribution in [2.24, 2.45) is 0 Å². The van der Waals surface area contributed by atoms with Crippen molar-refractivity contribution >= 4 is 0 Å². The summed E-state index contributed by atoms with van der Waals surface area (Å²) in [5.74, 6) is 1.37. The number of piperidine rings is 1. The van der Waals surface area contributed by atoms with Gasteiger partial charge >= 0.3 is 0 Å². The number of benzene rings is 1. The highest BCUT2D eigenvalue weighted by Gasteiger charge is 2.34. The van der Waals surface area contributed by atoms with Crippen LogP contribution in [0.4, 0.5) is 4.39 Å². The molecule has 3 rings (SSSR count). The van der Waals surface area contributed by atoms with E-state index < -0.39 is 0 Å². The zero-order valence-corrected chi connectivity index (χ0v) is 11.9. The number of aromatic nitrogens is 2. The minimum Gasteiger partial charge on any atom is -0.485 e. The van der Waals surface area contributed by atoms with E-state index >= 15 is 0 Å². The molecule has 21 heavy (non-hydrogen) atoms. The number of ether oxygens (including phenoxy) is 1. The third-order valence-electron chi connectivity index (χ3n) is 3.74. The van der Waals surface area contributed by atoms with Crippen LogP contribution in [0.1, 0.15) is 37.9 Å². The average molecular weight is 291 g/mol. The first-order valence-corrected chi connectivity index (χ1v) is 7.12. The average Bonchev–Trinajstić information content (AvgIpc) is 2.97. The number of rotatable bonds is 4. The van der Waals surface area contributed by atoms with E-state index in [1.54, 1.807) is 12.1 Å². The first-order valence-electron chi connectivity index (χ1n) is 7.12. The van der Waals surface area contributed by atoms with Gasteiger partial charge in [0, 0.05) is 0 Å². The zero-order valence-electron chi connectivity index (χ0n) is 11.9. The summed E-state index contributed by atoms with van der Waals surface area (Å²) in [5, 5.41) is 7.37. The minimum absolute atomic E-state index is 0.200. The van der Waals surface area contributed by atoms with Crippen molar-refractivity contribution in [3.63, 3.8) is 0 Å². The lowest BCUT2D eigenvalue weighted by molar-refractivity contribution is 0.205. The largest absolute Gasteiger partial charge is 0.485 e. The molecule has 5 nitrogen and oxygen atoms in total. The highest BCUT2D eigenvalue weighted by molar-refractivity contribution is 5.22. The first kappa shape index (κ1) is 14.0. The van der Waals surface area contributed by atoms with E-state index in [4.69, 9.17) is 9.26 Å². The molecule has 1 aromatic carbocycles. The molecule has 0 amide bonds. The molecule has 0 saturated carbocycles. The Morgan fingerprint density at radius 1 is 1.33 bits per heavy atom. The maximum Gasteiger partial charge on any atom is 0.246 e. The maximum absolute atomic E-state index is 12.8. The van der Waals surface area contributed by atoms with Gasteiger partial charge in [-0.3, -0.25) is 0 Å². The molecule has 1 atom stereocenters. The third kappa shape index (κ3) is 3.21. The van der Waals surface area contributed by atoms with E-state index in [1.165, 1.54) is 18.6 Å². The lowest BCUT2D eigenvalue weighted by Crippen LogP contribution is -2.43. The molecule has 2 heterocycles. The molecule has 0 radical (unpaired) electrons. The van der Waals surface area contributed by atoms with E-state index in [0.717, 1.165) is 19.4 Å². The van der Waals surface area contributed by atoms with Gasteiger partial charge in [0.25, 0.3) is 0 Å². The first-order chi connectivity index (χ1) is 10.2. The SMILES string of the molecule is CC1(c2nc(COc3ccc(F)cc3)no2)CCCCN1. The van der Waals surface area contributed by atoms with Gasteiger partial charge in [-0.2, -0.15) is 4.98 Å². The molecule has 1 unspecified atom stereocenters. The number of halogens is 1. The number of hydrogen-bond donors (Lipinski definition) is 1. The van der Waals surface area contributed by atoms with Gasteiger partial charge in [-0.05, 0) is 57.0 Å². The highest BCUT2D eigenvalue weighted by atomic mass is 19.1. The van der Waals surface area contributed by atoms with E-state index in [-0.39, 0.29) is 18.0 Å². The summed E-state index contributed by atoms with van der Waals surface area (Å²) in [6, 6.07) is 5.84. The summed E-state index contributed by atoms with van der Waals surface area (Å²) < 4.78 is 23.7. The second kappa shape index (κ2) is 5.81. The highest BCUT2D eigenvalue weighted by Crippen LogP contribution is 2.28. The Balaban J connectivity index is 1.63. The summed E-state index contributed by atoms with van der Waals surface area (Å²) in [6.45, 7) is 3.23. The Bertz CT molecular complexity index is 591. The second-order valence-electron chi connectivity index (χ2n) is 5.47. The second-order valence-corrected chi connectivity index (χ2v) is 5.47. The van der Waals surface area contributed by atoms with E-state index in [0.29, 0.717) is 17.5 Å². The van der Waals surface area contributed by atoms with Crippen molar-refractivity contribution in [1.29, 1.82) is 0 Å². The van der Waals surface area contributed by atoms with Crippen molar-refractivity contribution in [1.82, 2.24) is 15.5 Å². The van der Waals surface area contributed by atoms with E-state index in [1.807, 2.05) is 0 Å². The predicted molar refractivity (Wildman–Crippen MR) is 74.2 cm³/mol. The van der Waals surface area contributed by atoms with Crippen LogP contribution < -0.4 is 10.1 Å². The third-order valence-corrected chi connectivity index (χ3v) is 3.74. The van der Waals surface area contributed by atoms with Crippen LogP contribution in [0.25, 0.3) is 0 Å². The van der Waals surface area contributed by atoms with Gasteiger partial charge in [0.05, 0.1) is 5.54 Å². The van der Waals surface area contributed by atoms with Crippen LogP contribution in [0.5, 0.6) is 5.75 Å². The van der Waals surface area contributed by atoms with Gasteiger partial charge in [0.1, 0.15) is 11.6 Å². The lowest BCUT2D eigenvalue weighted by atomic mass is 9.91. The minimum atomic E-state index is -0.291. The molecular formula is C15H18FN3O2. The van der Waals surface area contributed by atoms with Crippen LogP contribution in [-0.2, 0) is 12.1 Å². The Morgan fingerprint density at radius 3 is 2.86 bits per heavy atom. The Morgan fingerprint density at radius 2 is 2.14 bits per heavy atom. The normalized spacial score (nSPS) is 22.2. The van der Waals surface area contributed by atoms with Gasteiger partial charge in [-0.15, -0.1) is 0 Å². The van der Waals surface area contributed by atoms with E-state index in [2.05, 4.69) is 22.4 Å². The lowest BCUT2D eigenvalue weighted by Gasteiger charge is -2.31. The zero-order chi connectivity index (χ0) is 14.7. The molecule has 112 valence electrons. The Labute approximate surface area is 122 Å². The van der Waals surface area contributed by atoms with Crippen molar-refractivity contribution < 1.29 is 13.7 Å². The molecule has 2 aromatic rings. The smallest absolute Gasteiger partial charge is 0.246 e. The maximum atomic E-state index is 12.8. The van der Waals surface area contributed by atoms with Crippen molar-refractivity contribution in [2.75, 3.05) is 6.54 Å². The molecule has 6 heteroatoms. The molecular weight excluding hydrogens is 273 g/mol. The number of hydrogen-bond acceptors (Lipinski definition) is 5. The summed E-state index contributed by atoms with van der Waals surface area (Å²) in [4.78, 5) is 4.40. The number of nitrogens with zero attached hydrogens (tertiary/aromatic N) is 2. The Hall–Kier alpha value is -1.95. The summed E-state index contributed by atoms with van der Waals surface area (Å²) in [6.07, 6.45) is 3.30. The van der Waals surface area contributed by atoms with Gasteiger partial charge in [-0.1, -0.05) is 5.16 Å². The molecule has 1 aromatic heterocycles. The summed E-state index contributed by atoms with van der Waals surface area (Å²) in [7, 11) is 0. The monoisotopic (exact) mass is 291 g/mol. The standard InChI is InChI=1S/C15H18FN3O2/c1-15(8-2-3-9-17-15)14-18-13(19-21-14)10-20-12-6-4-11(16)5-7-12/h4-7,17H,2-3,8-10H2,1H3. The molecule has 1 saturated heterocycles. The van der Waals surface area contributed by atoms with Crippen LogP contribution in [0.15, 0.2) is 28.8 Å². The molecule has 1 fully saturated rings. The van der Waals surface area contributed by atoms with Gasteiger partial charge < -0.3 is 14.6 Å². The van der Waals surface area contributed by atoms with E-state index in [9.17, 15) is 4.39 Å². The van der Waals surface area contributed by atoms with Gasteiger partial charge in [0.2, 0.25) is 11.7 Å². The van der Waals surface area contributed by atoms with Crippen molar-refractivity contribution in [3.8, 4) is 5.75 Å². The summed E-state index contributed by atoms with van der Waals surface area (Å²) >= 11 is 0. The molecule has 1 aliphatic rings. The number of nitrogens with one attached hydrogen (secondary N) is 1. The van der Waals surface area contributed by atoms with Crippen molar-refractivity contribution in [2.45, 2.75) is 38.3 Å². The Kier molecular flexibility index (Phi) is 3.88. The van der Waals surface area contributed by atoms with Crippen LogP contribution in [0, 0.1) is 5.82 Å². The van der Waals surface area contributed by atoms with Crippen LogP contribution >= 0.6 is 0 Å². The molecule has 1 N–H and O–H groups in total. The van der Waals surface area contributed by atoms with Crippen LogP contribution in [0.3, 0.4) is 0 Å². The fraction of sp³-hybridized carbons (Fsp3) is 0.467. The van der Waals surface area contributed by atoms with Crippen LogP contribution in [0.2, 0.25) is 0 Å². The topological polar surface area (TPSA) is 60.2 Å². The molecule has 0 aliphatic carbocycles. The predicted octanol–water partition coefficient (Wildman–Crippen LogP) is 2.78. The molecule has 0 bridgehead atoms. The van der Waals surface area contributed by atoms with Crippen LogP contribution in [-0.4, -0.2) is 16.7 Å². The van der Waals surface area contributed by atoms with Gasteiger partial charge in [0.15, 0.2) is 6.61 Å². The van der Waals surface area contributed by atoms with Crippen molar-refractivity contribution in [3.05, 3.63) is 41.8 Å². The fourth-order valence-corrected chi connectivity index (χ4v) is 2.45.